The molecule has 0 N–H and O–H groups in total. The van der Waals surface area contributed by atoms with Gasteiger partial charge in [0, 0.05) is 13.1 Å². The van der Waals surface area contributed by atoms with E-state index < -0.39 is 24.1 Å². The number of nitrogens with zero attached hydrogens (tertiary/aromatic N) is 2. The summed E-state index contributed by atoms with van der Waals surface area (Å²) in [6.45, 7) is 1.17. The molecule has 26 heavy (non-hydrogen) atoms. The molecule has 0 radical (unpaired) electrons. The molecule has 0 spiro atoms. The summed E-state index contributed by atoms with van der Waals surface area (Å²) < 4.78 is 10.2. The zero-order chi connectivity index (χ0) is 18.5. The Labute approximate surface area is 152 Å². The van der Waals surface area contributed by atoms with E-state index in [2.05, 4.69) is 0 Å². The Kier molecular flexibility index (Phi) is 5.75. The van der Waals surface area contributed by atoms with Crippen LogP contribution in [0.15, 0.2) is 30.3 Å². The van der Waals surface area contributed by atoms with Gasteiger partial charge in [-0.15, -0.1) is 0 Å². The van der Waals surface area contributed by atoms with Gasteiger partial charge in [0.15, 0.2) is 0 Å². The highest BCUT2D eigenvalue weighted by Gasteiger charge is 2.42. The van der Waals surface area contributed by atoms with E-state index in [-0.39, 0.29) is 12.5 Å². The number of esters is 1. The lowest BCUT2D eigenvalue weighted by atomic mass is 10.1. The van der Waals surface area contributed by atoms with Crippen molar-refractivity contribution < 1.29 is 23.9 Å². The molecule has 3 rings (SSSR count). The maximum atomic E-state index is 12.9. The summed E-state index contributed by atoms with van der Waals surface area (Å²) in [5.41, 5.74) is 0.897. The van der Waals surface area contributed by atoms with Crippen molar-refractivity contribution in [3.05, 3.63) is 35.9 Å². The van der Waals surface area contributed by atoms with Crippen LogP contribution in [0.5, 0.6) is 0 Å². The zero-order valence-corrected chi connectivity index (χ0v) is 14.9. The lowest BCUT2D eigenvalue weighted by Crippen LogP contribution is -2.51. The summed E-state index contributed by atoms with van der Waals surface area (Å²) in [6.07, 6.45) is 2.20. The molecule has 2 amide bonds. The van der Waals surface area contributed by atoms with Gasteiger partial charge in [-0.3, -0.25) is 9.69 Å². The molecule has 0 aromatic heterocycles. The standard InChI is InChI=1S/C19H24N2O5/c1-25-18(23)16-10-6-11-20(16)17(22)15-9-5-12-21(15)19(24)26-13-14-7-3-2-4-8-14/h2-4,7-8,15-16H,5-6,9-13H2,1H3/t15-,16+/m1/s1. The summed E-state index contributed by atoms with van der Waals surface area (Å²) in [5, 5.41) is 0. The fraction of sp³-hybridized carbons (Fsp3) is 0.526. The van der Waals surface area contributed by atoms with E-state index in [1.54, 1.807) is 4.90 Å². The maximum absolute atomic E-state index is 12.9. The number of hydrogen-bond acceptors (Lipinski definition) is 5. The molecule has 7 nitrogen and oxygen atoms in total. The first-order valence-electron chi connectivity index (χ1n) is 8.97. The highest BCUT2D eigenvalue weighted by molar-refractivity contribution is 5.90. The van der Waals surface area contributed by atoms with E-state index in [1.165, 1.54) is 12.0 Å². The van der Waals surface area contributed by atoms with E-state index in [0.717, 1.165) is 18.4 Å². The van der Waals surface area contributed by atoms with Crippen LogP contribution in [-0.4, -0.2) is 60.1 Å². The van der Waals surface area contributed by atoms with Gasteiger partial charge in [-0.25, -0.2) is 9.59 Å². The Morgan fingerprint density at radius 1 is 1.00 bits per heavy atom. The van der Waals surface area contributed by atoms with Crippen molar-refractivity contribution in [2.45, 2.75) is 44.4 Å². The maximum Gasteiger partial charge on any atom is 0.410 e. The number of likely N-dealkylation sites (tertiary alicyclic amines) is 2. The number of rotatable bonds is 4. The number of benzene rings is 1. The fourth-order valence-electron chi connectivity index (χ4n) is 3.65. The first kappa shape index (κ1) is 18.2. The summed E-state index contributed by atoms with van der Waals surface area (Å²) in [5.74, 6) is -0.584. The monoisotopic (exact) mass is 360 g/mol. The zero-order valence-electron chi connectivity index (χ0n) is 14.9. The van der Waals surface area contributed by atoms with E-state index in [1.807, 2.05) is 30.3 Å². The number of ether oxygens (including phenoxy) is 2. The molecule has 2 heterocycles. The first-order chi connectivity index (χ1) is 12.6. The summed E-state index contributed by atoms with van der Waals surface area (Å²) in [7, 11) is 1.33. The lowest BCUT2D eigenvalue weighted by molar-refractivity contribution is -0.152. The van der Waals surface area contributed by atoms with Gasteiger partial charge < -0.3 is 14.4 Å². The molecule has 0 saturated carbocycles. The molecule has 2 aliphatic heterocycles. The molecule has 1 aromatic carbocycles. The van der Waals surface area contributed by atoms with Gasteiger partial charge in [-0.05, 0) is 31.2 Å². The minimum Gasteiger partial charge on any atom is -0.467 e. The molecule has 0 aliphatic carbocycles. The van der Waals surface area contributed by atoms with Gasteiger partial charge in [0.2, 0.25) is 5.91 Å². The Hall–Kier alpha value is -2.57. The van der Waals surface area contributed by atoms with Crippen LogP contribution < -0.4 is 0 Å². The molecule has 2 aliphatic rings. The molecule has 140 valence electrons. The van der Waals surface area contributed by atoms with Crippen molar-refractivity contribution in [2.24, 2.45) is 0 Å². The third-order valence-corrected chi connectivity index (χ3v) is 4.99. The highest BCUT2D eigenvalue weighted by Crippen LogP contribution is 2.26. The van der Waals surface area contributed by atoms with Crippen molar-refractivity contribution >= 4 is 18.0 Å². The Bertz CT molecular complexity index is 663. The quantitative estimate of drug-likeness (QED) is 0.767. The third-order valence-electron chi connectivity index (χ3n) is 4.99. The van der Waals surface area contributed by atoms with Gasteiger partial charge in [-0.1, -0.05) is 30.3 Å². The summed E-state index contributed by atoms with van der Waals surface area (Å²) in [4.78, 5) is 40.3. The minimum atomic E-state index is -0.566. The normalized spacial score (nSPS) is 22.3. The first-order valence-corrected chi connectivity index (χ1v) is 8.97. The van der Waals surface area contributed by atoms with Crippen LogP contribution in [0.25, 0.3) is 0 Å². The average molecular weight is 360 g/mol. The number of carbonyl (C=O) groups excluding carboxylic acids is 3. The predicted octanol–water partition coefficient (Wildman–Crippen LogP) is 1.95. The van der Waals surface area contributed by atoms with Crippen molar-refractivity contribution in [1.29, 1.82) is 0 Å². The molecular weight excluding hydrogens is 336 g/mol. The minimum absolute atomic E-state index is 0.172. The van der Waals surface area contributed by atoms with E-state index in [0.29, 0.717) is 25.9 Å². The topological polar surface area (TPSA) is 76.2 Å². The summed E-state index contributed by atoms with van der Waals surface area (Å²) >= 11 is 0. The molecule has 1 aromatic rings. The number of hydrogen-bond donors (Lipinski definition) is 0. The third kappa shape index (κ3) is 3.81. The summed E-state index contributed by atoms with van der Waals surface area (Å²) in [6, 6.07) is 8.31. The predicted molar refractivity (Wildman–Crippen MR) is 93.1 cm³/mol. The van der Waals surface area contributed by atoms with Crippen LogP contribution >= 0.6 is 0 Å². The van der Waals surface area contributed by atoms with Gasteiger partial charge in [0.05, 0.1) is 7.11 Å². The van der Waals surface area contributed by atoms with Crippen molar-refractivity contribution in [3.8, 4) is 0 Å². The van der Waals surface area contributed by atoms with Crippen molar-refractivity contribution in [3.63, 3.8) is 0 Å². The molecule has 2 atom stereocenters. The molecule has 0 unspecified atom stereocenters. The van der Waals surface area contributed by atoms with Gasteiger partial charge in [-0.2, -0.15) is 0 Å². The number of amides is 2. The van der Waals surface area contributed by atoms with Crippen LogP contribution in [0.1, 0.15) is 31.2 Å². The van der Waals surface area contributed by atoms with Crippen molar-refractivity contribution in [2.75, 3.05) is 20.2 Å². The van der Waals surface area contributed by atoms with Crippen molar-refractivity contribution in [1.82, 2.24) is 9.80 Å². The smallest absolute Gasteiger partial charge is 0.410 e. The van der Waals surface area contributed by atoms with Crippen LogP contribution in [0, 0.1) is 0 Å². The van der Waals surface area contributed by atoms with Crippen LogP contribution in [-0.2, 0) is 25.7 Å². The Balaban J connectivity index is 1.62. The second kappa shape index (κ2) is 8.21. The van der Waals surface area contributed by atoms with Crippen LogP contribution in [0.3, 0.4) is 0 Å². The molecular formula is C19H24N2O5. The average Bonchev–Trinajstić information content (AvgIpc) is 3.35. The number of carbonyl (C=O) groups is 3. The van der Waals surface area contributed by atoms with E-state index in [9.17, 15) is 14.4 Å². The Morgan fingerprint density at radius 2 is 1.65 bits per heavy atom. The van der Waals surface area contributed by atoms with Gasteiger partial charge in [0.1, 0.15) is 18.7 Å². The molecule has 0 bridgehead atoms. The van der Waals surface area contributed by atoms with Gasteiger partial charge >= 0.3 is 12.1 Å². The van der Waals surface area contributed by atoms with E-state index >= 15 is 0 Å². The van der Waals surface area contributed by atoms with E-state index in [4.69, 9.17) is 9.47 Å². The largest absolute Gasteiger partial charge is 0.467 e. The highest BCUT2D eigenvalue weighted by atomic mass is 16.6. The fourth-order valence-corrected chi connectivity index (χ4v) is 3.65. The second-order valence-electron chi connectivity index (χ2n) is 6.60. The van der Waals surface area contributed by atoms with Crippen LogP contribution in [0.2, 0.25) is 0 Å². The molecule has 2 fully saturated rings. The Morgan fingerprint density at radius 3 is 2.35 bits per heavy atom. The molecule has 2 saturated heterocycles. The lowest BCUT2D eigenvalue weighted by Gasteiger charge is -2.30. The SMILES string of the molecule is COC(=O)[C@@H]1CCCN1C(=O)[C@H]1CCCN1C(=O)OCc1ccccc1. The molecule has 7 heteroatoms. The van der Waals surface area contributed by atoms with Gasteiger partial charge in [0.25, 0.3) is 0 Å². The van der Waals surface area contributed by atoms with Crippen LogP contribution in [0.4, 0.5) is 4.79 Å². The second-order valence-corrected chi connectivity index (χ2v) is 6.60. The number of methoxy groups -OCH3 is 1.